The van der Waals surface area contributed by atoms with E-state index >= 15 is 0 Å². The van der Waals surface area contributed by atoms with E-state index < -0.39 is 12.0 Å². The molecule has 206 valence electrons. The zero-order valence-corrected chi connectivity index (χ0v) is 24.3. The molecule has 0 fully saturated rings. The number of aromatic nitrogens is 1. The van der Waals surface area contributed by atoms with Gasteiger partial charge in [0, 0.05) is 10.6 Å². The van der Waals surface area contributed by atoms with Crippen LogP contribution in [0.4, 0.5) is 0 Å². The molecular weight excluding hydrogens is 540 g/mol. The summed E-state index contributed by atoms with van der Waals surface area (Å²) in [6.45, 7) is 9.82. The number of rotatable bonds is 9. The summed E-state index contributed by atoms with van der Waals surface area (Å²) in [7, 11) is 1.56. The van der Waals surface area contributed by atoms with Gasteiger partial charge < -0.3 is 18.9 Å². The number of benzene rings is 2. The Morgan fingerprint density at radius 2 is 1.87 bits per heavy atom. The van der Waals surface area contributed by atoms with Gasteiger partial charge in [0.1, 0.15) is 5.75 Å². The molecule has 0 spiro atoms. The third-order valence-electron chi connectivity index (χ3n) is 5.94. The molecule has 2 aromatic carbocycles. The number of methoxy groups -OCH3 is 1. The van der Waals surface area contributed by atoms with Crippen molar-refractivity contribution in [1.29, 1.82) is 0 Å². The monoisotopic (exact) mass is 570 g/mol. The van der Waals surface area contributed by atoms with E-state index in [0.717, 1.165) is 0 Å². The van der Waals surface area contributed by atoms with Gasteiger partial charge in [0.15, 0.2) is 16.3 Å². The fourth-order valence-electron chi connectivity index (χ4n) is 4.37. The van der Waals surface area contributed by atoms with Gasteiger partial charge in [-0.05, 0) is 76.6 Å². The second-order valence-corrected chi connectivity index (χ2v) is 10.4. The number of carbonyl (C=O) groups is 1. The highest BCUT2D eigenvalue weighted by Crippen LogP contribution is 2.36. The van der Waals surface area contributed by atoms with Crippen LogP contribution in [0.1, 0.15) is 51.8 Å². The number of fused-ring (bicyclic) bond motifs is 1. The molecule has 0 radical (unpaired) electrons. The summed E-state index contributed by atoms with van der Waals surface area (Å²) in [5.74, 6) is 1.13. The zero-order valence-electron chi connectivity index (χ0n) is 22.7. The molecule has 1 aromatic heterocycles. The van der Waals surface area contributed by atoms with Crippen LogP contribution in [0.2, 0.25) is 5.02 Å². The Morgan fingerprint density at radius 1 is 1.13 bits per heavy atom. The number of thiazole rings is 1. The summed E-state index contributed by atoms with van der Waals surface area (Å²) in [5, 5.41) is 0.519. The molecule has 0 bridgehead atoms. The Hall–Kier alpha value is -3.56. The maximum absolute atomic E-state index is 14.0. The molecule has 8 nitrogen and oxygen atoms in total. The minimum Gasteiger partial charge on any atom is -0.493 e. The Morgan fingerprint density at radius 3 is 2.54 bits per heavy atom. The highest BCUT2D eigenvalue weighted by molar-refractivity contribution is 7.07. The average molecular weight is 571 g/mol. The number of ether oxygens (including phenoxy) is 4. The van der Waals surface area contributed by atoms with Crippen molar-refractivity contribution in [3.05, 3.63) is 83.5 Å². The normalized spacial score (nSPS) is 15.2. The number of esters is 1. The van der Waals surface area contributed by atoms with Crippen LogP contribution in [0, 0.1) is 0 Å². The Balaban J connectivity index is 1.97. The van der Waals surface area contributed by atoms with Crippen LogP contribution in [0.15, 0.2) is 57.5 Å². The molecule has 0 saturated carbocycles. The van der Waals surface area contributed by atoms with Gasteiger partial charge in [-0.15, -0.1) is 0 Å². The number of nitrogens with zero attached hydrogens (tertiary/aromatic N) is 2. The van der Waals surface area contributed by atoms with Crippen molar-refractivity contribution in [2.24, 2.45) is 4.99 Å². The zero-order chi connectivity index (χ0) is 28.3. The van der Waals surface area contributed by atoms with Gasteiger partial charge >= 0.3 is 5.97 Å². The highest BCUT2D eigenvalue weighted by atomic mass is 35.5. The number of carbonyl (C=O) groups excluding carboxylic acids is 1. The lowest BCUT2D eigenvalue weighted by Crippen LogP contribution is -2.40. The van der Waals surface area contributed by atoms with Gasteiger partial charge in [0.25, 0.3) is 5.56 Å². The fraction of sp³-hybridized carbons (Fsp3) is 0.345. The molecule has 0 N–H and O–H groups in total. The first kappa shape index (κ1) is 28.4. The third-order valence-corrected chi connectivity index (χ3v) is 7.16. The summed E-state index contributed by atoms with van der Waals surface area (Å²) in [6, 6.07) is 9.85. The highest BCUT2D eigenvalue weighted by Gasteiger charge is 2.34. The Labute approximate surface area is 235 Å². The van der Waals surface area contributed by atoms with E-state index in [9.17, 15) is 9.59 Å². The predicted octanol–water partition coefficient (Wildman–Crippen LogP) is 4.65. The van der Waals surface area contributed by atoms with E-state index in [-0.39, 0.29) is 23.8 Å². The van der Waals surface area contributed by atoms with Crippen molar-refractivity contribution in [2.75, 3.05) is 20.3 Å². The molecule has 2 heterocycles. The third kappa shape index (κ3) is 5.89. The lowest BCUT2D eigenvalue weighted by atomic mass is 9.95. The molecule has 1 aliphatic rings. The molecule has 1 atom stereocenters. The lowest BCUT2D eigenvalue weighted by Gasteiger charge is -2.25. The van der Waals surface area contributed by atoms with Crippen LogP contribution in [0.5, 0.6) is 17.2 Å². The van der Waals surface area contributed by atoms with Crippen LogP contribution < -0.4 is 29.1 Å². The first-order valence-corrected chi connectivity index (χ1v) is 13.8. The molecular formula is C29H31ClN2O6S. The van der Waals surface area contributed by atoms with Crippen molar-refractivity contribution in [1.82, 2.24) is 4.57 Å². The van der Waals surface area contributed by atoms with Crippen LogP contribution >= 0.6 is 22.9 Å². The minimum absolute atomic E-state index is 0.0658. The Bertz CT molecular complexity index is 1600. The summed E-state index contributed by atoms with van der Waals surface area (Å²) in [4.78, 5) is 32.2. The molecule has 0 saturated heterocycles. The second-order valence-electron chi connectivity index (χ2n) is 8.99. The SMILES string of the molecule is CCOC(=O)C1=C(C)N=c2s/c(=C/c3cc(Cl)ccc3OC(C)C)c(=O)n2[C@@H]1c1ccc(OC)c(OCC)c1. The van der Waals surface area contributed by atoms with Crippen LogP contribution in [0.3, 0.4) is 0 Å². The van der Waals surface area contributed by atoms with E-state index in [2.05, 4.69) is 4.99 Å². The van der Waals surface area contributed by atoms with Crippen molar-refractivity contribution >= 4 is 35.0 Å². The van der Waals surface area contributed by atoms with E-state index in [1.165, 1.54) is 15.9 Å². The summed E-state index contributed by atoms with van der Waals surface area (Å²) in [6.07, 6.45) is 1.68. The van der Waals surface area contributed by atoms with Crippen LogP contribution in [-0.2, 0) is 9.53 Å². The van der Waals surface area contributed by atoms with Crippen molar-refractivity contribution in [2.45, 2.75) is 46.8 Å². The van der Waals surface area contributed by atoms with Gasteiger partial charge in [-0.25, -0.2) is 9.79 Å². The smallest absolute Gasteiger partial charge is 0.338 e. The summed E-state index contributed by atoms with van der Waals surface area (Å²) >= 11 is 7.51. The lowest BCUT2D eigenvalue weighted by molar-refractivity contribution is -0.139. The van der Waals surface area contributed by atoms with E-state index in [1.54, 1.807) is 57.4 Å². The van der Waals surface area contributed by atoms with Gasteiger partial charge in [-0.3, -0.25) is 9.36 Å². The predicted molar refractivity (Wildman–Crippen MR) is 152 cm³/mol. The Kier molecular flexibility index (Phi) is 8.82. The standard InChI is InChI=1S/C29H31ClN2O6S/c1-7-36-23-14-18(9-11-22(23)35-6)26-25(28(34)37-8-2)17(5)31-29-32(26)27(33)24(39-29)15-19-13-20(30)10-12-21(19)38-16(3)4/h9-16,26H,7-8H2,1-6H3/b24-15+/t26-/m1/s1. The van der Waals surface area contributed by atoms with Gasteiger partial charge in [-0.2, -0.15) is 0 Å². The van der Waals surface area contributed by atoms with E-state index in [1.807, 2.05) is 26.8 Å². The van der Waals surface area contributed by atoms with E-state index in [0.29, 0.717) is 55.0 Å². The number of halogens is 1. The van der Waals surface area contributed by atoms with E-state index in [4.69, 9.17) is 30.5 Å². The average Bonchev–Trinajstić information content (AvgIpc) is 3.19. The first-order chi connectivity index (χ1) is 18.7. The fourth-order valence-corrected chi connectivity index (χ4v) is 5.59. The topological polar surface area (TPSA) is 88.4 Å². The van der Waals surface area contributed by atoms with Gasteiger partial charge in [0.2, 0.25) is 0 Å². The van der Waals surface area contributed by atoms with Crippen molar-refractivity contribution < 1.29 is 23.7 Å². The molecule has 39 heavy (non-hydrogen) atoms. The second kappa shape index (κ2) is 12.1. The minimum atomic E-state index is -0.779. The van der Waals surface area contributed by atoms with Crippen LogP contribution in [0.25, 0.3) is 6.08 Å². The quantitative estimate of drug-likeness (QED) is 0.348. The van der Waals surface area contributed by atoms with Gasteiger partial charge in [-0.1, -0.05) is 29.0 Å². The number of hydrogen-bond acceptors (Lipinski definition) is 8. The number of hydrogen-bond donors (Lipinski definition) is 0. The first-order valence-electron chi connectivity index (χ1n) is 12.6. The number of allylic oxidation sites excluding steroid dienone is 1. The van der Waals surface area contributed by atoms with Crippen molar-refractivity contribution in [3.63, 3.8) is 0 Å². The maximum atomic E-state index is 14.0. The molecule has 0 aliphatic carbocycles. The largest absolute Gasteiger partial charge is 0.493 e. The van der Waals surface area contributed by atoms with Gasteiger partial charge in [0.05, 0.1) is 48.3 Å². The summed E-state index contributed by atoms with van der Waals surface area (Å²) in [5.41, 5.74) is 1.79. The molecule has 10 heteroatoms. The maximum Gasteiger partial charge on any atom is 0.338 e. The molecule has 4 rings (SSSR count). The molecule has 1 aliphatic heterocycles. The van der Waals surface area contributed by atoms with Crippen LogP contribution in [-0.4, -0.2) is 37.0 Å². The molecule has 0 amide bonds. The molecule has 3 aromatic rings. The summed E-state index contributed by atoms with van der Waals surface area (Å²) < 4.78 is 24.5. The molecule has 0 unspecified atom stereocenters. The van der Waals surface area contributed by atoms with Crippen molar-refractivity contribution in [3.8, 4) is 17.2 Å².